The number of aromatic nitrogens is 1. The molecule has 1 heterocycles. The molecule has 4 heteroatoms. The van der Waals surface area contributed by atoms with E-state index in [0.29, 0.717) is 16.9 Å². The molecule has 4 nitrogen and oxygen atoms in total. The first-order valence-electron chi connectivity index (χ1n) is 7.15. The minimum atomic E-state index is -0.290. The van der Waals surface area contributed by atoms with E-state index in [0.717, 1.165) is 10.9 Å². The summed E-state index contributed by atoms with van der Waals surface area (Å²) in [5.41, 5.74) is 1.54. The van der Waals surface area contributed by atoms with Crippen LogP contribution in [-0.2, 0) is 0 Å². The van der Waals surface area contributed by atoms with Crippen LogP contribution in [-0.4, -0.2) is 16.6 Å². The molecule has 0 amide bonds. The summed E-state index contributed by atoms with van der Waals surface area (Å²) in [6, 6.07) is 15.9. The first kappa shape index (κ1) is 13.4. The van der Waals surface area contributed by atoms with Crippen LogP contribution in [0.4, 0.5) is 0 Å². The lowest BCUT2D eigenvalue weighted by Crippen LogP contribution is -2.20. The van der Waals surface area contributed by atoms with Crippen LogP contribution in [0.5, 0.6) is 5.75 Å². The Morgan fingerprint density at radius 1 is 0.870 bits per heavy atom. The van der Waals surface area contributed by atoms with Gasteiger partial charge in [0.05, 0.1) is 5.52 Å². The predicted molar refractivity (Wildman–Crippen MR) is 85.6 cm³/mol. The molecule has 4 rings (SSSR count). The van der Waals surface area contributed by atoms with Crippen LogP contribution in [0.1, 0.15) is 20.7 Å². The Balaban J connectivity index is 1.71. The third-order valence-electron chi connectivity index (χ3n) is 3.73. The van der Waals surface area contributed by atoms with Crippen molar-refractivity contribution in [3.8, 4) is 5.75 Å². The number of carbonyl (C=O) groups excluding carboxylic acids is 2. The molecule has 0 fully saturated rings. The number of fused-ring (bicyclic) bond motifs is 2. The van der Waals surface area contributed by atoms with Gasteiger partial charge in [-0.2, -0.15) is 0 Å². The van der Waals surface area contributed by atoms with Crippen LogP contribution >= 0.6 is 0 Å². The average molecular weight is 301 g/mol. The maximum absolute atomic E-state index is 12.5. The van der Waals surface area contributed by atoms with Gasteiger partial charge in [0, 0.05) is 34.9 Å². The van der Waals surface area contributed by atoms with Crippen molar-refractivity contribution in [1.82, 2.24) is 4.98 Å². The molecule has 0 saturated carbocycles. The molecule has 23 heavy (non-hydrogen) atoms. The molecule has 0 spiro atoms. The van der Waals surface area contributed by atoms with E-state index in [1.165, 1.54) is 6.08 Å². The van der Waals surface area contributed by atoms with E-state index in [9.17, 15) is 9.59 Å². The molecule has 0 saturated heterocycles. The molecule has 2 aromatic carbocycles. The smallest absolute Gasteiger partial charge is 0.229 e. The lowest BCUT2D eigenvalue weighted by molar-refractivity contribution is 0.0947. The quantitative estimate of drug-likeness (QED) is 0.726. The largest absolute Gasteiger partial charge is 0.453 e. The molecule has 0 N–H and O–H groups in total. The average Bonchev–Trinajstić information content (AvgIpc) is 2.59. The molecular weight excluding hydrogens is 290 g/mol. The fourth-order valence-electron chi connectivity index (χ4n) is 2.60. The van der Waals surface area contributed by atoms with Gasteiger partial charge in [-0.1, -0.05) is 30.3 Å². The van der Waals surface area contributed by atoms with Crippen molar-refractivity contribution in [2.24, 2.45) is 0 Å². The minimum absolute atomic E-state index is 0.0315. The van der Waals surface area contributed by atoms with E-state index in [1.807, 2.05) is 18.2 Å². The van der Waals surface area contributed by atoms with Gasteiger partial charge in [-0.25, -0.2) is 0 Å². The van der Waals surface area contributed by atoms with Gasteiger partial charge in [0.1, 0.15) is 5.75 Å². The third kappa shape index (κ3) is 2.30. The number of hydrogen-bond donors (Lipinski definition) is 0. The fourth-order valence-corrected chi connectivity index (χ4v) is 2.60. The van der Waals surface area contributed by atoms with Crippen molar-refractivity contribution in [3.63, 3.8) is 0 Å². The summed E-state index contributed by atoms with van der Waals surface area (Å²) in [6.07, 6.45) is 2.93. The zero-order valence-corrected chi connectivity index (χ0v) is 12.0. The third-order valence-corrected chi connectivity index (χ3v) is 3.73. The Labute approximate surface area is 132 Å². The Hall–Kier alpha value is -3.27. The monoisotopic (exact) mass is 301 g/mol. The number of hydrogen-bond acceptors (Lipinski definition) is 4. The van der Waals surface area contributed by atoms with Gasteiger partial charge in [-0.05, 0) is 18.2 Å². The number of ketones is 2. The van der Waals surface area contributed by atoms with Crippen molar-refractivity contribution in [1.29, 1.82) is 0 Å². The topological polar surface area (TPSA) is 56.3 Å². The second-order valence-corrected chi connectivity index (χ2v) is 5.21. The van der Waals surface area contributed by atoms with Crippen LogP contribution in [0.2, 0.25) is 0 Å². The second kappa shape index (κ2) is 5.18. The normalized spacial score (nSPS) is 13.7. The Morgan fingerprint density at radius 2 is 1.70 bits per heavy atom. The molecular formula is C19H11NO3. The van der Waals surface area contributed by atoms with Gasteiger partial charge >= 0.3 is 0 Å². The molecule has 0 unspecified atom stereocenters. The maximum atomic E-state index is 12.5. The molecule has 0 aliphatic heterocycles. The summed E-state index contributed by atoms with van der Waals surface area (Å²) in [7, 11) is 0. The number of nitrogens with zero attached hydrogens (tertiary/aromatic N) is 1. The van der Waals surface area contributed by atoms with Crippen LogP contribution in [0, 0.1) is 0 Å². The first-order chi connectivity index (χ1) is 11.2. The standard InChI is InChI=1S/C19H11NO3/c21-17-11-18(19(22)15-6-2-1-5-14(15)17)23-13-8-7-12-4-3-9-20-16(12)10-13/h1-11H. The number of carbonyl (C=O) groups is 2. The van der Waals surface area contributed by atoms with Gasteiger partial charge < -0.3 is 4.74 Å². The summed E-state index contributed by atoms with van der Waals surface area (Å²) >= 11 is 0. The number of ether oxygens (including phenoxy) is 1. The van der Waals surface area contributed by atoms with Crippen LogP contribution < -0.4 is 4.74 Å². The SMILES string of the molecule is O=C1C=C(Oc2ccc3cccnc3c2)C(=O)c2ccccc21. The van der Waals surface area contributed by atoms with Crippen molar-refractivity contribution in [2.75, 3.05) is 0 Å². The molecule has 110 valence electrons. The lowest BCUT2D eigenvalue weighted by atomic mass is 9.94. The number of allylic oxidation sites excluding steroid dienone is 2. The van der Waals surface area contributed by atoms with Crippen LogP contribution in [0.3, 0.4) is 0 Å². The van der Waals surface area contributed by atoms with Crippen LogP contribution in [0.25, 0.3) is 10.9 Å². The van der Waals surface area contributed by atoms with E-state index in [1.54, 1.807) is 42.6 Å². The molecule has 1 aliphatic carbocycles. The van der Waals surface area contributed by atoms with Crippen molar-refractivity contribution >= 4 is 22.5 Å². The molecule has 1 aromatic heterocycles. The Bertz CT molecular complexity index is 989. The lowest BCUT2D eigenvalue weighted by Gasteiger charge is -2.15. The maximum Gasteiger partial charge on any atom is 0.229 e. The van der Waals surface area contributed by atoms with Gasteiger partial charge in [0.15, 0.2) is 11.5 Å². The zero-order chi connectivity index (χ0) is 15.8. The number of pyridine rings is 1. The van der Waals surface area contributed by atoms with Crippen molar-refractivity contribution < 1.29 is 14.3 Å². The predicted octanol–water partition coefficient (Wildman–Crippen LogP) is 3.58. The van der Waals surface area contributed by atoms with E-state index < -0.39 is 0 Å². The van der Waals surface area contributed by atoms with Gasteiger partial charge in [-0.15, -0.1) is 0 Å². The zero-order valence-electron chi connectivity index (χ0n) is 12.0. The Kier molecular flexibility index (Phi) is 3.01. The van der Waals surface area contributed by atoms with Crippen molar-refractivity contribution in [3.05, 3.63) is 83.8 Å². The number of rotatable bonds is 2. The summed E-state index contributed by atoms with van der Waals surface area (Å²) < 4.78 is 5.65. The van der Waals surface area contributed by atoms with Crippen LogP contribution in [0.15, 0.2) is 72.6 Å². The summed E-state index contributed by atoms with van der Waals surface area (Å²) in [6.45, 7) is 0. The molecule has 0 bridgehead atoms. The summed E-state index contributed by atoms with van der Waals surface area (Å²) in [5, 5.41) is 0.977. The molecule has 1 aliphatic rings. The van der Waals surface area contributed by atoms with Gasteiger partial charge in [0.25, 0.3) is 0 Å². The molecule has 0 radical (unpaired) electrons. The van der Waals surface area contributed by atoms with Gasteiger partial charge in [0.2, 0.25) is 5.78 Å². The highest BCUT2D eigenvalue weighted by atomic mass is 16.5. The van der Waals surface area contributed by atoms with E-state index in [2.05, 4.69) is 4.98 Å². The number of Topliss-reactive ketones (excluding diaryl/α,β-unsaturated/α-hetero) is 1. The first-order valence-corrected chi connectivity index (χ1v) is 7.15. The Morgan fingerprint density at radius 3 is 2.57 bits per heavy atom. The number of benzene rings is 2. The van der Waals surface area contributed by atoms with Crippen molar-refractivity contribution in [2.45, 2.75) is 0 Å². The molecule has 0 atom stereocenters. The highest BCUT2D eigenvalue weighted by Gasteiger charge is 2.26. The summed E-state index contributed by atoms with van der Waals surface area (Å²) in [5.74, 6) is -0.0117. The molecule has 3 aromatic rings. The van der Waals surface area contributed by atoms with Gasteiger partial charge in [-0.3, -0.25) is 14.6 Å². The highest BCUT2D eigenvalue weighted by Crippen LogP contribution is 2.25. The second-order valence-electron chi connectivity index (χ2n) is 5.21. The minimum Gasteiger partial charge on any atom is -0.453 e. The van der Waals surface area contributed by atoms with E-state index in [-0.39, 0.29) is 17.3 Å². The van der Waals surface area contributed by atoms with E-state index >= 15 is 0 Å². The fraction of sp³-hybridized carbons (Fsp3) is 0. The highest BCUT2D eigenvalue weighted by molar-refractivity contribution is 6.23. The summed E-state index contributed by atoms with van der Waals surface area (Å²) in [4.78, 5) is 28.8. The van der Waals surface area contributed by atoms with E-state index in [4.69, 9.17) is 4.74 Å².